The molecule has 1 saturated heterocycles. The van der Waals surface area contributed by atoms with Crippen LogP contribution in [0, 0.1) is 5.82 Å². The van der Waals surface area contributed by atoms with Crippen LogP contribution in [0.15, 0.2) is 60.7 Å². The fraction of sp³-hybridized carbons (Fsp3) is 0.320. The van der Waals surface area contributed by atoms with E-state index in [9.17, 15) is 4.39 Å². The molecule has 2 heterocycles. The third-order valence-electron chi connectivity index (χ3n) is 5.52. The molecule has 0 radical (unpaired) electrons. The summed E-state index contributed by atoms with van der Waals surface area (Å²) < 4.78 is 24.3. The molecule has 1 fully saturated rings. The van der Waals surface area contributed by atoms with Crippen LogP contribution in [-0.2, 0) is 0 Å². The molecule has 162 valence electrons. The van der Waals surface area contributed by atoms with Crippen molar-refractivity contribution in [3.63, 3.8) is 0 Å². The summed E-state index contributed by atoms with van der Waals surface area (Å²) >= 11 is 0. The smallest absolute Gasteiger partial charge is 0.213 e. The highest BCUT2D eigenvalue weighted by molar-refractivity contribution is 5.76. The van der Waals surface area contributed by atoms with E-state index in [0.717, 1.165) is 61.0 Å². The van der Waals surface area contributed by atoms with Gasteiger partial charge >= 0.3 is 0 Å². The Morgan fingerprint density at radius 1 is 0.871 bits per heavy atom. The van der Waals surface area contributed by atoms with Gasteiger partial charge in [0, 0.05) is 43.5 Å². The van der Waals surface area contributed by atoms with E-state index in [-0.39, 0.29) is 5.82 Å². The largest absolute Gasteiger partial charge is 0.494 e. The average molecular weight is 422 g/mol. The van der Waals surface area contributed by atoms with Gasteiger partial charge in [-0.3, -0.25) is 0 Å². The second-order valence-electron chi connectivity index (χ2n) is 7.48. The topological polar surface area (TPSA) is 37.8 Å². The molecule has 0 N–H and O–H groups in total. The van der Waals surface area contributed by atoms with Crippen molar-refractivity contribution in [2.24, 2.45) is 0 Å². The van der Waals surface area contributed by atoms with E-state index in [1.165, 1.54) is 12.1 Å². The minimum Gasteiger partial charge on any atom is -0.494 e. The van der Waals surface area contributed by atoms with Crippen LogP contribution < -0.4 is 19.3 Å². The molecule has 1 aliphatic rings. The summed E-state index contributed by atoms with van der Waals surface area (Å²) in [5, 5.41) is 0. The first-order valence-corrected chi connectivity index (χ1v) is 10.7. The first-order chi connectivity index (χ1) is 15.2. The van der Waals surface area contributed by atoms with Crippen molar-refractivity contribution in [2.75, 3.05) is 49.7 Å². The summed E-state index contributed by atoms with van der Waals surface area (Å²) in [4.78, 5) is 9.46. The van der Waals surface area contributed by atoms with Gasteiger partial charge in [0.05, 0.1) is 25.1 Å². The van der Waals surface area contributed by atoms with Crippen molar-refractivity contribution in [1.29, 1.82) is 0 Å². The zero-order valence-electron chi connectivity index (χ0n) is 18.1. The molecule has 31 heavy (non-hydrogen) atoms. The van der Waals surface area contributed by atoms with Crippen molar-refractivity contribution in [3.05, 3.63) is 66.5 Å². The molecule has 0 spiro atoms. The maximum absolute atomic E-state index is 13.3. The molecular weight excluding hydrogens is 393 g/mol. The minimum atomic E-state index is -0.204. The Labute approximate surface area is 183 Å². The predicted octanol–water partition coefficient (Wildman–Crippen LogP) is 5.01. The number of ether oxygens (including phenoxy) is 2. The maximum atomic E-state index is 13.3. The highest BCUT2D eigenvalue weighted by atomic mass is 19.1. The van der Waals surface area contributed by atoms with E-state index in [0.29, 0.717) is 12.5 Å². The fourth-order valence-electron chi connectivity index (χ4n) is 3.96. The van der Waals surface area contributed by atoms with Gasteiger partial charge in [0.1, 0.15) is 11.6 Å². The maximum Gasteiger partial charge on any atom is 0.213 e. The van der Waals surface area contributed by atoms with Crippen LogP contribution in [-0.4, -0.2) is 44.9 Å². The average Bonchev–Trinajstić information content (AvgIpc) is 3.06. The van der Waals surface area contributed by atoms with Gasteiger partial charge in [-0.25, -0.2) is 9.37 Å². The Balaban J connectivity index is 1.59. The molecule has 1 aromatic heterocycles. The van der Waals surface area contributed by atoms with Gasteiger partial charge in [0.25, 0.3) is 0 Å². The molecule has 0 amide bonds. The molecule has 3 aromatic rings. The van der Waals surface area contributed by atoms with Crippen LogP contribution in [0.2, 0.25) is 0 Å². The number of hydrogen-bond donors (Lipinski definition) is 0. The summed E-state index contributed by atoms with van der Waals surface area (Å²) in [5.74, 6) is 1.24. The van der Waals surface area contributed by atoms with Gasteiger partial charge in [0.15, 0.2) is 0 Å². The second kappa shape index (κ2) is 9.69. The first kappa shape index (κ1) is 21.0. The zero-order valence-corrected chi connectivity index (χ0v) is 18.1. The molecular formula is C25H28FN3O2. The summed E-state index contributed by atoms with van der Waals surface area (Å²) in [6, 6.07) is 18.8. The van der Waals surface area contributed by atoms with Gasteiger partial charge in [-0.1, -0.05) is 0 Å². The molecule has 1 aliphatic heterocycles. The van der Waals surface area contributed by atoms with Gasteiger partial charge < -0.3 is 19.3 Å². The SMILES string of the molecule is CCOc1ccc(-c2nc(OC)ccc2N2CCCN(c3ccc(F)cc3)CC2)cc1. The number of rotatable bonds is 6. The lowest BCUT2D eigenvalue weighted by Gasteiger charge is -2.26. The fourth-order valence-corrected chi connectivity index (χ4v) is 3.96. The Kier molecular flexibility index (Phi) is 6.55. The first-order valence-electron chi connectivity index (χ1n) is 10.7. The number of pyridine rings is 1. The standard InChI is InChI=1S/C25H28FN3O2/c1-3-31-22-11-5-19(6-12-22)25-23(13-14-24(27-25)30-2)29-16-4-15-28(17-18-29)21-9-7-20(26)8-10-21/h5-14H,3-4,15-18H2,1-2H3. The summed E-state index contributed by atoms with van der Waals surface area (Å²) in [6.45, 7) is 6.19. The van der Waals surface area contributed by atoms with Gasteiger partial charge in [-0.05, 0) is 67.9 Å². The number of anilines is 2. The quantitative estimate of drug-likeness (QED) is 0.559. The molecule has 6 heteroatoms. The van der Waals surface area contributed by atoms with Crippen LogP contribution in [0.25, 0.3) is 11.3 Å². The minimum absolute atomic E-state index is 0.204. The van der Waals surface area contributed by atoms with Crippen LogP contribution in [0.5, 0.6) is 11.6 Å². The van der Waals surface area contributed by atoms with Crippen molar-refractivity contribution in [1.82, 2.24) is 4.98 Å². The van der Waals surface area contributed by atoms with E-state index >= 15 is 0 Å². The highest BCUT2D eigenvalue weighted by Gasteiger charge is 2.20. The lowest BCUT2D eigenvalue weighted by Crippen LogP contribution is -2.31. The lowest BCUT2D eigenvalue weighted by molar-refractivity contribution is 0.340. The molecule has 0 aliphatic carbocycles. The van der Waals surface area contributed by atoms with E-state index < -0.39 is 0 Å². The number of hydrogen-bond acceptors (Lipinski definition) is 5. The Morgan fingerprint density at radius 2 is 1.58 bits per heavy atom. The van der Waals surface area contributed by atoms with Crippen molar-refractivity contribution in [2.45, 2.75) is 13.3 Å². The zero-order chi connectivity index (χ0) is 21.6. The van der Waals surface area contributed by atoms with Crippen LogP contribution in [0.4, 0.5) is 15.8 Å². The molecule has 0 saturated carbocycles. The predicted molar refractivity (Wildman–Crippen MR) is 123 cm³/mol. The van der Waals surface area contributed by atoms with E-state index in [2.05, 4.69) is 15.9 Å². The Bertz CT molecular complexity index is 993. The second-order valence-corrected chi connectivity index (χ2v) is 7.48. The number of aromatic nitrogens is 1. The molecule has 4 rings (SSSR count). The van der Waals surface area contributed by atoms with Crippen LogP contribution in [0.3, 0.4) is 0 Å². The van der Waals surface area contributed by atoms with Crippen molar-refractivity contribution >= 4 is 11.4 Å². The van der Waals surface area contributed by atoms with Gasteiger partial charge in [-0.15, -0.1) is 0 Å². The van der Waals surface area contributed by atoms with E-state index in [1.807, 2.05) is 49.4 Å². The highest BCUT2D eigenvalue weighted by Crippen LogP contribution is 2.33. The molecule has 2 aromatic carbocycles. The molecule has 0 atom stereocenters. The third-order valence-corrected chi connectivity index (χ3v) is 5.52. The van der Waals surface area contributed by atoms with E-state index in [4.69, 9.17) is 14.5 Å². The Morgan fingerprint density at radius 3 is 2.29 bits per heavy atom. The lowest BCUT2D eigenvalue weighted by atomic mass is 10.1. The summed E-state index contributed by atoms with van der Waals surface area (Å²) in [6.07, 6.45) is 1.01. The monoisotopic (exact) mass is 421 g/mol. The molecule has 0 bridgehead atoms. The van der Waals surface area contributed by atoms with Gasteiger partial charge in [-0.2, -0.15) is 0 Å². The van der Waals surface area contributed by atoms with Crippen molar-refractivity contribution < 1.29 is 13.9 Å². The van der Waals surface area contributed by atoms with Crippen LogP contribution in [0.1, 0.15) is 13.3 Å². The molecule has 5 nitrogen and oxygen atoms in total. The van der Waals surface area contributed by atoms with Crippen molar-refractivity contribution in [3.8, 4) is 22.9 Å². The number of nitrogens with zero attached hydrogens (tertiary/aromatic N) is 3. The molecule has 0 unspecified atom stereocenters. The number of methoxy groups -OCH3 is 1. The summed E-state index contributed by atoms with van der Waals surface area (Å²) in [5.41, 5.74) is 4.07. The number of halogens is 1. The Hall–Kier alpha value is -3.28. The normalized spacial score (nSPS) is 14.3. The van der Waals surface area contributed by atoms with Crippen LogP contribution >= 0.6 is 0 Å². The third kappa shape index (κ3) is 4.90. The summed E-state index contributed by atoms with van der Waals surface area (Å²) in [7, 11) is 1.64. The van der Waals surface area contributed by atoms with Gasteiger partial charge in [0.2, 0.25) is 5.88 Å². The number of benzene rings is 2. The van der Waals surface area contributed by atoms with E-state index in [1.54, 1.807) is 7.11 Å².